The molecule has 87 valence electrons. The van der Waals surface area contributed by atoms with Gasteiger partial charge in [-0.2, -0.15) is 0 Å². The summed E-state index contributed by atoms with van der Waals surface area (Å²) in [7, 11) is 0. The highest BCUT2D eigenvalue weighted by Crippen LogP contribution is 2.21. The van der Waals surface area contributed by atoms with Gasteiger partial charge in [-0.3, -0.25) is 0 Å². The lowest BCUT2D eigenvalue weighted by molar-refractivity contribution is 0.168. The molecule has 2 aromatic carbocycles. The lowest BCUT2D eigenvalue weighted by Crippen LogP contribution is -1.99. The van der Waals surface area contributed by atoms with E-state index in [0.717, 1.165) is 12.0 Å². The van der Waals surface area contributed by atoms with Gasteiger partial charge in [0.05, 0.1) is 6.10 Å². The third kappa shape index (κ3) is 3.33. The molecule has 0 aliphatic carbocycles. The maximum atomic E-state index is 9.98. The number of aryl methyl sites for hydroxylation is 1. The van der Waals surface area contributed by atoms with E-state index in [4.69, 9.17) is 5.11 Å². The van der Waals surface area contributed by atoms with Crippen molar-refractivity contribution in [3.8, 4) is 5.75 Å². The van der Waals surface area contributed by atoms with Crippen molar-refractivity contribution in [2.24, 2.45) is 0 Å². The van der Waals surface area contributed by atoms with Gasteiger partial charge >= 0.3 is 0 Å². The summed E-state index contributed by atoms with van der Waals surface area (Å²) in [5.74, 6) is 0.222. The van der Waals surface area contributed by atoms with Crippen LogP contribution in [0.2, 0.25) is 0 Å². The standard InChI is InChI=1S/C15H15O2/c16-14-9-7-13(8-10-14)15(17)11-6-12-4-2-1-3-5-12/h2-5,7-10,15-17H,6,11H2. The number of hydrogen-bond acceptors (Lipinski definition) is 2. The summed E-state index contributed by atoms with van der Waals surface area (Å²) in [5.41, 5.74) is 2.03. The largest absolute Gasteiger partial charge is 0.508 e. The van der Waals surface area contributed by atoms with Gasteiger partial charge in [0, 0.05) is 0 Å². The Morgan fingerprint density at radius 2 is 1.65 bits per heavy atom. The van der Waals surface area contributed by atoms with Crippen LogP contribution in [-0.2, 0) is 6.42 Å². The summed E-state index contributed by atoms with van der Waals surface area (Å²) < 4.78 is 0. The van der Waals surface area contributed by atoms with Gasteiger partial charge < -0.3 is 10.2 Å². The molecule has 1 unspecified atom stereocenters. The van der Waals surface area contributed by atoms with Crippen LogP contribution in [0.25, 0.3) is 0 Å². The van der Waals surface area contributed by atoms with Crippen molar-refractivity contribution >= 4 is 0 Å². The molecule has 0 aliphatic heterocycles. The van der Waals surface area contributed by atoms with Crippen LogP contribution in [0.15, 0.2) is 48.5 Å². The van der Waals surface area contributed by atoms with Crippen LogP contribution in [0.3, 0.4) is 0 Å². The van der Waals surface area contributed by atoms with E-state index in [2.05, 4.69) is 6.07 Å². The highest BCUT2D eigenvalue weighted by atomic mass is 16.3. The fourth-order valence-corrected chi connectivity index (χ4v) is 1.75. The van der Waals surface area contributed by atoms with Gasteiger partial charge in [0.25, 0.3) is 0 Å². The van der Waals surface area contributed by atoms with E-state index in [1.54, 1.807) is 24.3 Å². The van der Waals surface area contributed by atoms with Gasteiger partial charge in [-0.25, -0.2) is 0 Å². The minimum Gasteiger partial charge on any atom is -0.508 e. The minimum atomic E-state index is -0.486. The molecule has 0 saturated carbocycles. The van der Waals surface area contributed by atoms with E-state index < -0.39 is 6.10 Å². The normalized spacial score (nSPS) is 12.3. The predicted octanol–water partition coefficient (Wildman–Crippen LogP) is 2.86. The second kappa shape index (κ2) is 5.51. The maximum absolute atomic E-state index is 9.98. The summed E-state index contributed by atoms with van der Waals surface area (Å²) >= 11 is 0. The molecule has 17 heavy (non-hydrogen) atoms. The van der Waals surface area contributed by atoms with E-state index in [9.17, 15) is 5.11 Å². The first-order valence-electron chi connectivity index (χ1n) is 5.68. The number of rotatable bonds is 4. The maximum Gasteiger partial charge on any atom is 0.115 e. The molecule has 0 spiro atoms. The highest BCUT2D eigenvalue weighted by Gasteiger charge is 2.07. The number of hydrogen-bond donors (Lipinski definition) is 2. The van der Waals surface area contributed by atoms with Crippen LogP contribution in [0.4, 0.5) is 0 Å². The van der Waals surface area contributed by atoms with Crippen molar-refractivity contribution in [3.05, 3.63) is 65.7 Å². The Labute approximate surface area is 101 Å². The summed E-state index contributed by atoms with van der Waals surface area (Å²) in [4.78, 5) is 0. The van der Waals surface area contributed by atoms with Crippen molar-refractivity contribution in [2.75, 3.05) is 0 Å². The van der Waals surface area contributed by atoms with Crippen LogP contribution in [0, 0.1) is 6.07 Å². The molecule has 1 atom stereocenters. The molecule has 2 aromatic rings. The Morgan fingerprint density at radius 1 is 1.00 bits per heavy atom. The zero-order valence-corrected chi connectivity index (χ0v) is 9.50. The first-order valence-corrected chi connectivity index (χ1v) is 5.68. The van der Waals surface area contributed by atoms with Crippen molar-refractivity contribution in [2.45, 2.75) is 18.9 Å². The van der Waals surface area contributed by atoms with Crippen LogP contribution >= 0.6 is 0 Å². The van der Waals surface area contributed by atoms with E-state index in [1.807, 2.05) is 24.3 Å². The third-order valence-electron chi connectivity index (χ3n) is 2.77. The second-order valence-electron chi connectivity index (χ2n) is 4.05. The summed E-state index contributed by atoms with van der Waals surface area (Å²) in [5, 5.41) is 19.1. The first-order chi connectivity index (χ1) is 8.25. The molecule has 2 rings (SSSR count). The molecular formula is C15H15O2. The molecule has 0 amide bonds. The van der Waals surface area contributed by atoms with Gasteiger partial charge in [0.1, 0.15) is 5.75 Å². The quantitative estimate of drug-likeness (QED) is 0.843. The minimum absolute atomic E-state index is 0.222. The van der Waals surface area contributed by atoms with Gasteiger partial charge in [0.2, 0.25) is 0 Å². The lowest BCUT2D eigenvalue weighted by atomic mass is 10.0. The summed E-state index contributed by atoms with van der Waals surface area (Å²) in [6.07, 6.45) is 1.02. The molecule has 0 aromatic heterocycles. The SMILES string of the molecule is Oc1ccc(C(O)CCc2cc[c]cc2)cc1. The van der Waals surface area contributed by atoms with Crippen LogP contribution in [0.1, 0.15) is 23.7 Å². The van der Waals surface area contributed by atoms with Gasteiger partial charge in [0.15, 0.2) is 0 Å². The Morgan fingerprint density at radius 3 is 2.29 bits per heavy atom. The molecule has 2 N–H and O–H groups in total. The zero-order valence-electron chi connectivity index (χ0n) is 9.50. The summed E-state index contributed by atoms with van der Waals surface area (Å²) in [6.45, 7) is 0. The molecule has 0 bridgehead atoms. The van der Waals surface area contributed by atoms with Crippen molar-refractivity contribution in [3.63, 3.8) is 0 Å². The molecule has 0 aliphatic rings. The third-order valence-corrected chi connectivity index (χ3v) is 2.77. The Bertz CT molecular complexity index is 448. The zero-order chi connectivity index (χ0) is 12.1. The van der Waals surface area contributed by atoms with E-state index in [-0.39, 0.29) is 5.75 Å². The molecular weight excluding hydrogens is 212 g/mol. The molecule has 2 nitrogen and oxygen atoms in total. The average Bonchev–Trinajstić information content (AvgIpc) is 2.38. The van der Waals surface area contributed by atoms with Crippen LogP contribution in [0.5, 0.6) is 5.75 Å². The topological polar surface area (TPSA) is 40.5 Å². The van der Waals surface area contributed by atoms with Crippen molar-refractivity contribution < 1.29 is 10.2 Å². The predicted molar refractivity (Wildman–Crippen MR) is 66.7 cm³/mol. The first kappa shape index (κ1) is 11.7. The molecule has 0 fully saturated rings. The van der Waals surface area contributed by atoms with E-state index in [1.165, 1.54) is 5.56 Å². The van der Waals surface area contributed by atoms with Crippen molar-refractivity contribution in [1.29, 1.82) is 0 Å². The number of phenols is 1. The molecule has 1 radical (unpaired) electrons. The lowest BCUT2D eigenvalue weighted by Gasteiger charge is -2.10. The highest BCUT2D eigenvalue weighted by molar-refractivity contribution is 5.27. The number of benzene rings is 2. The fourth-order valence-electron chi connectivity index (χ4n) is 1.75. The Hall–Kier alpha value is -1.80. The van der Waals surface area contributed by atoms with Gasteiger partial charge in [-0.05, 0) is 42.2 Å². The second-order valence-corrected chi connectivity index (χ2v) is 4.05. The number of phenolic OH excluding ortho intramolecular Hbond substituents is 1. The van der Waals surface area contributed by atoms with Crippen molar-refractivity contribution in [1.82, 2.24) is 0 Å². The van der Waals surface area contributed by atoms with Gasteiger partial charge in [-0.1, -0.05) is 36.4 Å². The van der Waals surface area contributed by atoms with E-state index >= 15 is 0 Å². The van der Waals surface area contributed by atoms with Crippen LogP contribution in [-0.4, -0.2) is 10.2 Å². The fraction of sp³-hybridized carbons (Fsp3) is 0.200. The number of aliphatic hydroxyl groups excluding tert-OH is 1. The smallest absolute Gasteiger partial charge is 0.115 e. The Kier molecular flexibility index (Phi) is 3.78. The molecule has 2 heteroatoms. The van der Waals surface area contributed by atoms with Gasteiger partial charge in [-0.15, -0.1) is 0 Å². The Balaban J connectivity index is 1.93. The summed E-state index contributed by atoms with van der Waals surface area (Å²) in [6, 6.07) is 17.4. The number of aromatic hydroxyl groups is 1. The average molecular weight is 227 g/mol. The van der Waals surface area contributed by atoms with E-state index in [0.29, 0.717) is 6.42 Å². The monoisotopic (exact) mass is 227 g/mol. The number of aliphatic hydroxyl groups is 1. The molecule has 0 heterocycles. The van der Waals surface area contributed by atoms with Crippen LogP contribution < -0.4 is 0 Å². The molecule has 0 saturated heterocycles.